The first-order chi connectivity index (χ1) is 26.0. The number of aliphatic hydroxyl groups is 1. The van der Waals surface area contributed by atoms with Gasteiger partial charge < -0.3 is 28.8 Å². The molecule has 0 radical (unpaired) electrons. The molecular weight excluding hydrogens is 695 g/mol. The molecular formula is C45H93N2O6P. The van der Waals surface area contributed by atoms with Crippen LogP contribution in [0.25, 0.3) is 0 Å². The highest BCUT2D eigenvalue weighted by Crippen LogP contribution is 2.38. The maximum atomic E-state index is 12.9. The SMILES string of the molecule is CCCCCCCCCCCCCCCCCCCC(=O)N[C@@H](COP(=O)([O-])OCC[N+](C)(C)C)[C@H](O)CCCCCCCCCCCCCCCCC. The van der Waals surface area contributed by atoms with Crippen LogP contribution in [0.2, 0.25) is 0 Å². The van der Waals surface area contributed by atoms with Gasteiger partial charge in [0.1, 0.15) is 13.2 Å². The summed E-state index contributed by atoms with van der Waals surface area (Å²) in [6.07, 6.45) is 41.0. The number of carbonyl (C=O) groups is 1. The Morgan fingerprint density at radius 2 is 0.907 bits per heavy atom. The molecule has 1 unspecified atom stereocenters. The van der Waals surface area contributed by atoms with E-state index in [1.54, 1.807) is 0 Å². The topological polar surface area (TPSA) is 108 Å². The molecule has 0 fully saturated rings. The van der Waals surface area contributed by atoms with Crippen molar-refractivity contribution in [1.29, 1.82) is 0 Å². The van der Waals surface area contributed by atoms with Crippen LogP contribution in [-0.4, -0.2) is 68.5 Å². The van der Waals surface area contributed by atoms with Crippen molar-refractivity contribution in [3.8, 4) is 0 Å². The summed E-state index contributed by atoms with van der Waals surface area (Å²) in [5.41, 5.74) is 0. The molecule has 0 heterocycles. The van der Waals surface area contributed by atoms with Crippen LogP contribution in [-0.2, 0) is 18.4 Å². The van der Waals surface area contributed by atoms with Crippen LogP contribution in [0.4, 0.5) is 0 Å². The second-order valence-electron chi connectivity index (χ2n) is 17.5. The number of likely N-dealkylation sites (N-methyl/N-ethyl adjacent to an activating group) is 1. The monoisotopic (exact) mass is 789 g/mol. The van der Waals surface area contributed by atoms with E-state index in [9.17, 15) is 19.4 Å². The van der Waals surface area contributed by atoms with Gasteiger partial charge in [0.25, 0.3) is 7.82 Å². The Balaban J connectivity index is 4.29. The summed E-state index contributed by atoms with van der Waals surface area (Å²) < 4.78 is 23.3. The molecule has 0 aromatic rings. The Hall–Kier alpha value is -0.500. The van der Waals surface area contributed by atoms with Crippen molar-refractivity contribution < 1.29 is 32.9 Å². The van der Waals surface area contributed by atoms with E-state index >= 15 is 0 Å². The predicted molar refractivity (Wildman–Crippen MR) is 229 cm³/mol. The smallest absolute Gasteiger partial charge is 0.268 e. The maximum Gasteiger partial charge on any atom is 0.268 e. The van der Waals surface area contributed by atoms with E-state index < -0.39 is 20.0 Å². The average molecular weight is 789 g/mol. The minimum absolute atomic E-state index is 0.0162. The lowest BCUT2D eigenvalue weighted by atomic mass is 10.0. The van der Waals surface area contributed by atoms with Gasteiger partial charge in [-0.05, 0) is 12.8 Å². The van der Waals surface area contributed by atoms with E-state index in [2.05, 4.69) is 19.2 Å². The number of hydrogen-bond donors (Lipinski definition) is 2. The first kappa shape index (κ1) is 53.5. The third kappa shape index (κ3) is 39.7. The van der Waals surface area contributed by atoms with Gasteiger partial charge in [-0.25, -0.2) is 0 Å². The molecule has 0 saturated heterocycles. The Morgan fingerprint density at radius 3 is 1.26 bits per heavy atom. The Kier molecular flexibility index (Phi) is 37.7. The number of hydrogen-bond acceptors (Lipinski definition) is 6. The number of phosphoric acid groups is 1. The molecule has 54 heavy (non-hydrogen) atoms. The fourth-order valence-corrected chi connectivity index (χ4v) is 7.82. The number of nitrogens with one attached hydrogen (secondary N) is 1. The number of nitrogens with zero attached hydrogens (tertiary/aromatic N) is 1. The molecule has 324 valence electrons. The van der Waals surface area contributed by atoms with Crippen LogP contribution in [0.1, 0.15) is 232 Å². The zero-order valence-electron chi connectivity index (χ0n) is 36.7. The number of carbonyl (C=O) groups excluding carboxylic acids is 1. The lowest BCUT2D eigenvalue weighted by Gasteiger charge is -2.30. The van der Waals surface area contributed by atoms with E-state index in [0.717, 1.165) is 38.5 Å². The lowest BCUT2D eigenvalue weighted by Crippen LogP contribution is -2.46. The fraction of sp³-hybridized carbons (Fsp3) is 0.978. The molecule has 8 nitrogen and oxygen atoms in total. The number of rotatable bonds is 43. The van der Waals surface area contributed by atoms with Gasteiger partial charge in [0.05, 0.1) is 39.9 Å². The van der Waals surface area contributed by atoms with E-state index in [0.29, 0.717) is 23.9 Å². The van der Waals surface area contributed by atoms with Gasteiger partial charge in [-0.3, -0.25) is 9.36 Å². The normalized spacial score (nSPS) is 14.3. The largest absolute Gasteiger partial charge is 0.756 e. The van der Waals surface area contributed by atoms with Crippen LogP contribution in [0.3, 0.4) is 0 Å². The van der Waals surface area contributed by atoms with Gasteiger partial charge in [-0.1, -0.05) is 213 Å². The summed E-state index contributed by atoms with van der Waals surface area (Å²) in [5.74, 6) is -0.160. The van der Waals surface area contributed by atoms with E-state index in [1.165, 1.54) is 167 Å². The standard InChI is InChI=1S/C45H93N2O6P/c1-6-8-10-12-14-16-18-20-22-23-25-27-29-31-33-35-37-39-45(49)46-43(42-53-54(50,51)52-41-40-47(3,4)5)44(48)38-36-34-32-30-28-26-24-21-19-17-15-13-11-9-7-2/h43-44,48H,6-42H2,1-5H3,(H-,46,49,50,51)/t43-,44+/m0/s1. The maximum absolute atomic E-state index is 12.9. The first-order valence-electron chi connectivity index (χ1n) is 23.4. The van der Waals surface area contributed by atoms with Crippen molar-refractivity contribution in [2.45, 2.75) is 244 Å². The molecule has 0 aliphatic rings. The third-order valence-electron chi connectivity index (χ3n) is 10.8. The first-order valence-corrected chi connectivity index (χ1v) is 24.8. The minimum Gasteiger partial charge on any atom is -0.756 e. The molecule has 0 aliphatic carbocycles. The van der Waals surface area contributed by atoms with Crippen LogP contribution < -0.4 is 10.2 Å². The summed E-state index contributed by atoms with van der Waals surface area (Å²) in [4.78, 5) is 25.3. The highest BCUT2D eigenvalue weighted by molar-refractivity contribution is 7.45. The van der Waals surface area contributed by atoms with Gasteiger partial charge >= 0.3 is 0 Å². The molecule has 0 bridgehead atoms. The second kappa shape index (κ2) is 38.0. The van der Waals surface area contributed by atoms with Crippen molar-refractivity contribution in [1.82, 2.24) is 5.32 Å². The van der Waals surface area contributed by atoms with Crippen molar-refractivity contribution in [2.24, 2.45) is 0 Å². The number of amides is 1. The Bertz CT molecular complexity index is 855. The predicted octanol–water partition coefficient (Wildman–Crippen LogP) is 12.3. The van der Waals surface area contributed by atoms with Crippen LogP contribution in [0, 0.1) is 0 Å². The van der Waals surface area contributed by atoms with Crippen molar-refractivity contribution in [2.75, 3.05) is 40.9 Å². The summed E-state index contributed by atoms with van der Waals surface area (Å²) in [6.45, 7) is 4.75. The Morgan fingerprint density at radius 1 is 0.574 bits per heavy atom. The summed E-state index contributed by atoms with van der Waals surface area (Å²) in [7, 11) is 1.32. The van der Waals surface area contributed by atoms with Crippen molar-refractivity contribution in [3.63, 3.8) is 0 Å². The number of aliphatic hydroxyl groups excluding tert-OH is 1. The second-order valence-corrected chi connectivity index (χ2v) is 18.9. The van der Waals surface area contributed by atoms with Gasteiger partial charge in [-0.15, -0.1) is 0 Å². The molecule has 0 spiro atoms. The molecule has 0 aromatic carbocycles. The zero-order chi connectivity index (χ0) is 40.0. The van der Waals surface area contributed by atoms with Gasteiger partial charge in [0.15, 0.2) is 0 Å². The molecule has 0 aliphatic heterocycles. The molecule has 9 heteroatoms. The molecule has 0 rings (SSSR count). The highest BCUT2D eigenvalue weighted by atomic mass is 31.2. The molecule has 0 saturated carbocycles. The van der Waals surface area contributed by atoms with Gasteiger partial charge in [0, 0.05) is 6.42 Å². The minimum atomic E-state index is -4.56. The third-order valence-corrected chi connectivity index (χ3v) is 11.8. The zero-order valence-corrected chi connectivity index (χ0v) is 37.6. The molecule has 0 aromatic heterocycles. The molecule has 2 N–H and O–H groups in total. The fourth-order valence-electron chi connectivity index (χ4n) is 7.10. The van der Waals surface area contributed by atoms with Gasteiger partial charge in [0.2, 0.25) is 5.91 Å². The summed E-state index contributed by atoms with van der Waals surface area (Å²) >= 11 is 0. The molecule has 3 atom stereocenters. The van der Waals surface area contributed by atoms with Crippen molar-refractivity contribution >= 4 is 13.7 Å². The summed E-state index contributed by atoms with van der Waals surface area (Å²) in [5, 5.41) is 13.9. The van der Waals surface area contributed by atoms with E-state index in [4.69, 9.17) is 9.05 Å². The van der Waals surface area contributed by atoms with E-state index in [1.807, 2.05) is 21.1 Å². The van der Waals surface area contributed by atoms with Crippen molar-refractivity contribution in [3.05, 3.63) is 0 Å². The summed E-state index contributed by atoms with van der Waals surface area (Å²) in [6, 6.07) is -0.792. The lowest BCUT2D eigenvalue weighted by molar-refractivity contribution is -0.870. The number of unbranched alkanes of at least 4 members (excludes halogenated alkanes) is 30. The molecule has 1 amide bonds. The van der Waals surface area contributed by atoms with Gasteiger partial charge in [-0.2, -0.15) is 0 Å². The van der Waals surface area contributed by atoms with Crippen LogP contribution in [0.5, 0.6) is 0 Å². The number of quaternary nitrogens is 1. The van der Waals surface area contributed by atoms with E-state index in [-0.39, 0.29) is 19.1 Å². The average Bonchev–Trinajstić information content (AvgIpc) is 3.12. The van der Waals surface area contributed by atoms with Crippen LogP contribution >= 0.6 is 7.82 Å². The highest BCUT2D eigenvalue weighted by Gasteiger charge is 2.24. The van der Waals surface area contributed by atoms with Crippen LogP contribution in [0.15, 0.2) is 0 Å². The quantitative estimate of drug-likeness (QED) is 0.0362. The number of phosphoric ester groups is 1. The Labute approximate surface area is 336 Å².